The fourth-order valence-corrected chi connectivity index (χ4v) is 3.92. The third kappa shape index (κ3) is 4.54. The van der Waals surface area contributed by atoms with Crippen molar-refractivity contribution in [1.82, 2.24) is 4.90 Å². The summed E-state index contributed by atoms with van der Waals surface area (Å²) >= 11 is 0. The lowest BCUT2D eigenvalue weighted by molar-refractivity contribution is -0.0954. The van der Waals surface area contributed by atoms with Gasteiger partial charge in [0.2, 0.25) is 0 Å². The van der Waals surface area contributed by atoms with E-state index in [1.54, 1.807) is 0 Å². The summed E-state index contributed by atoms with van der Waals surface area (Å²) in [4.78, 5) is 2.38. The molecule has 0 saturated carbocycles. The molecule has 4 nitrogen and oxygen atoms in total. The summed E-state index contributed by atoms with van der Waals surface area (Å²) in [6.07, 6.45) is 3.93. The van der Waals surface area contributed by atoms with Crippen LogP contribution in [0.3, 0.4) is 0 Å². The Kier molecular flexibility index (Phi) is 5.70. The zero-order valence-electron chi connectivity index (χ0n) is 14.1. The number of rotatable bonds is 5. The number of hydrogen-bond acceptors (Lipinski definition) is 4. The molecule has 0 aliphatic carbocycles. The van der Waals surface area contributed by atoms with Crippen LogP contribution in [-0.2, 0) is 15.9 Å². The number of piperidine rings is 1. The minimum absolute atomic E-state index is 0.243. The highest BCUT2D eigenvalue weighted by molar-refractivity contribution is 5.15. The van der Waals surface area contributed by atoms with Crippen LogP contribution in [0.25, 0.3) is 0 Å². The topological polar surface area (TPSA) is 41.9 Å². The van der Waals surface area contributed by atoms with Gasteiger partial charge < -0.3 is 14.6 Å². The quantitative estimate of drug-likeness (QED) is 0.902. The monoisotopic (exact) mass is 319 g/mol. The fraction of sp³-hybridized carbons (Fsp3) is 0.684. The van der Waals surface area contributed by atoms with E-state index in [-0.39, 0.29) is 6.10 Å². The summed E-state index contributed by atoms with van der Waals surface area (Å²) < 4.78 is 11.2. The molecule has 1 N–H and O–H groups in total. The molecule has 4 heteroatoms. The van der Waals surface area contributed by atoms with Crippen molar-refractivity contribution in [2.75, 3.05) is 40.0 Å². The van der Waals surface area contributed by atoms with Crippen LogP contribution in [0.5, 0.6) is 0 Å². The highest BCUT2D eigenvalue weighted by atomic mass is 16.5. The van der Waals surface area contributed by atoms with Gasteiger partial charge in [-0.05, 0) is 30.9 Å². The maximum atomic E-state index is 10.7. The van der Waals surface area contributed by atoms with Crippen LogP contribution in [-0.4, -0.2) is 61.7 Å². The highest BCUT2D eigenvalue weighted by Crippen LogP contribution is 2.28. The zero-order chi connectivity index (χ0) is 16.1. The first-order valence-corrected chi connectivity index (χ1v) is 8.78. The van der Waals surface area contributed by atoms with Gasteiger partial charge in [-0.15, -0.1) is 0 Å². The van der Waals surface area contributed by atoms with Crippen LogP contribution >= 0.6 is 0 Å². The lowest BCUT2D eigenvalue weighted by Crippen LogP contribution is -2.53. The fourth-order valence-electron chi connectivity index (χ4n) is 3.92. The molecule has 0 bridgehead atoms. The van der Waals surface area contributed by atoms with Crippen LogP contribution in [0.15, 0.2) is 30.3 Å². The van der Waals surface area contributed by atoms with Crippen molar-refractivity contribution in [2.45, 2.75) is 37.4 Å². The lowest BCUT2D eigenvalue weighted by Gasteiger charge is -2.42. The Morgan fingerprint density at radius 2 is 2.00 bits per heavy atom. The van der Waals surface area contributed by atoms with E-state index in [2.05, 4.69) is 35.2 Å². The first-order valence-electron chi connectivity index (χ1n) is 8.78. The number of benzene rings is 1. The molecule has 0 radical (unpaired) electrons. The van der Waals surface area contributed by atoms with Gasteiger partial charge in [0.05, 0.1) is 11.7 Å². The van der Waals surface area contributed by atoms with Crippen LogP contribution in [0.1, 0.15) is 24.8 Å². The van der Waals surface area contributed by atoms with Gasteiger partial charge in [0.1, 0.15) is 0 Å². The standard InChI is InChI=1S/C19H29NO3/c1-22-18-14-20(15-19(21)8-11-23-12-9-19)10-7-17(18)13-16-5-3-2-4-6-16/h2-6,17-18,21H,7-15H2,1H3/t17-,18+/m1/s1. The summed E-state index contributed by atoms with van der Waals surface area (Å²) in [6.45, 7) is 4.05. The van der Waals surface area contributed by atoms with Gasteiger partial charge in [-0.3, -0.25) is 4.90 Å². The van der Waals surface area contributed by atoms with E-state index in [9.17, 15) is 5.11 Å². The minimum atomic E-state index is -0.581. The zero-order valence-corrected chi connectivity index (χ0v) is 14.1. The minimum Gasteiger partial charge on any atom is -0.388 e. The van der Waals surface area contributed by atoms with Gasteiger partial charge in [-0.25, -0.2) is 0 Å². The number of nitrogens with zero attached hydrogens (tertiary/aromatic N) is 1. The predicted molar refractivity (Wildman–Crippen MR) is 90.5 cm³/mol. The largest absolute Gasteiger partial charge is 0.388 e. The third-order valence-corrected chi connectivity index (χ3v) is 5.36. The number of aliphatic hydroxyl groups is 1. The molecule has 0 unspecified atom stereocenters. The van der Waals surface area contributed by atoms with E-state index in [4.69, 9.17) is 9.47 Å². The van der Waals surface area contributed by atoms with Gasteiger partial charge in [0.25, 0.3) is 0 Å². The number of ether oxygens (including phenoxy) is 2. The van der Waals surface area contributed by atoms with Crippen molar-refractivity contribution in [1.29, 1.82) is 0 Å². The van der Waals surface area contributed by atoms with Gasteiger partial charge in [0, 0.05) is 46.3 Å². The van der Waals surface area contributed by atoms with E-state index in [1.807, 2.05) is 7.11 Å². The van der Waals surface area contributed by atoms with Crippen molar-refractivity contribution in [3.05, 3.63) is 35.9 Å². The average Bonchev–Trinajstić information content (AvgIpc) is 2.57. The summed E-state index contributed by atoms with van der Waals surface area (Å²) in [5, 5.41) is 10.7. The molecule has 2 fully saturated rings. The highest BCUT2D eigenvalue weighted by Gasteiger charge is 2.36. The normalized spacial score (nSPS) is 28.6. The van der Waals surface area contributed by atoms with E-state index >= 15 is 0 Å². The molecule has 0 aromatic heterocycles. The molecule has 0 amide bonds. The number of likely N-dealkylation sites (tertiary alicyclic amines) is 1. The Morgan fingerprint density at radius 1 is 1.26 bits per heavy atom. The predicted octanol–water partition coefficient (Wildman–Crippen LogP) is 2.11. The third-order valence-electron chi connectivity index (χ3n) is 5.36. The molecule has 1 aromatic rings. The first kappa shape index (κ1) is 16.9. The van der Waals surface area contributed by atoms with E-state index in [1.165, 1.54) is 5.56 Å². The number of β-amino-alcohol motifs (C(OH)–C–C–N with tert-alkyl or cyclic N) is 1. The molecular formula is C19H29NO3. The Morgan fingerprint density at radius 3 is 2.70 bits per heavy atom. The van der Waals surface area contributed by atoms with Gasteiger partial charge in [-0.1, -0.05) is 30.3 Å². The van der Waals surface area contributed by atoms with E-state index < -0.39 is 5.60 Å². The Balaban J connectivity index is 1.55. The molecule has 2 saturated heterocycles. The van der Waals surface area contributed by atoms with E-state index in [0.717, 1.165) is 45.3 Å². The molecule has 1 aromatic carbocycles. The second kappa shape index (κ2) is 7.75. The van der Waals surface area contributed by atoms with Crippen LogP contribution in [0, 0.1) is 5.92 Å². The summed E-state index contributed by atoms with van der Waals surface area (Å²) in [5.41, 5.74) is 0.805. The SMILES string of the molecule is CO[C@H]1CN(CC2(O)CCOCC2)CC[C@@H]1Cc1ccccc1. The Labute approximate surface area is 139 Å². The van der Waals surface area contributed by atoms with Crippen molar-refractivity contribution in [2.24, 2.45) is 5.92 Å². The summed E-state index contributed by atoms with van der Waals surface area (Å²) in [7, 11) is 1.81. The molecule has 0 spiro atoms. The number of hydrogen-bond donors (Lipinski definition) is 1. The molecule has 2 aliphatic rings. The molecule has 2 heterocycles. The van der Waals surface area contributed by atoms with Crippen LogP contribution in [0.4, 0.5) is 0 Å². The number of methoxy groups -OCH3 is 1. The smallest absolute Gasteiger partial charge is 0.0817 e. The average molecular weight is 319 g/mol. The molecule has 2 atom stereocenters. The van der Waals surface area contributed by atoms with Crippen molar-refractivity contribution in [3.8, 4) is 0 Å². The van der Waals surface area contributed by atoms with Gasteiger partial charge in [0.15, 0.2) is 0 Å². The molecule has 2 aliphatic heterocycles. The first-order chi connectivity index (χ1) is 11.2. The van der Waals surface area contributed by atoms with Crippen LogP contribution < -0.4 is 0 Å². The second-order valence-corrected chi connectivity index (χ2v) is 7.08. The molecular weight excluding hydrogens is 290 g/mol. The second-order valence-electron chi connectivity index (χ2n) is 7.08. The van der Waals surface area contributed by atoms with Gasteiger partial charge >= 0.3 is 0 Å². The van der Waals surface area contributed by atoms with Gasteiger partial charge in [-0.2, -0.15) is 0 Å². The molecule has 23 heavy (non-hydrogen) atoms. The lowest BCUT2D eigenvalue weighted by atomic mass is 9.86. The van der Waals surface area contributed by atoms with Crippen LogP contribution in [0.2, 0.25) is 0 Å². The Bertz CT molecular complexity index is 473. The van der Waals surface area contributed by atoms with Crippen molar-refractivity contribution in [3.63, 3.8) is 0 Å². The summed E-state index contributed by atoms with van der Waals surface area (Å²) in [6, 6.07) is 10.7. The molecule has 3 rings (SSSR count). The summed E-state index contributed by atoms with van der Waals surface area (Å²) in [5.74, 6) is 0.558. The van der Waals surface area contributed by atoms with E-state index in [0.29, 0.717) is 19.1 Å². The molecule has 128 valence electrons. The van der Waals surface area contributed by atoms with Crippen molar-refractivity contribution < 1.29 is 14.6 Å². The van der Waals surface area contributed by atoms with Crippen molar-refractivity contribution >= 4 is 0 Å². The maximum absolute atomic E-state index is 10.7. The Hall–Kier alpha value is -0.940. The maximum Gasteiger partial charge on any atom is 0.0817 e.